The number of hydrogen-bond donors (Lipinski definition) is 0. The van der Waals surface area contributed by atoms with Crippen LogP contribution in [0.25, 0.3) is 0 Å². The standard InChI is InChI=1S/C18H27ClO/c1-4-5-6-7-8-9-16(19)14-10-11-17-15(12-14)18(2,3)13-20-17/h10-12,16H,4-9,13H2,1-3H3. The topological polar surface area (TPSA) is 9.23 Å². The molecule has 1 unspecified atom stereocenters. The molecular formula is C18H27ClO. The maximum absolute atomic E-state index is 6.57. The third-order valence-electron chi connectivity index (χ3n) is 4.24. The largest absolute Gasteiger partial charge is 0.492 e. The molecule has 1 aromatic carbocycles. The molecule has 0 N–H and O–H groups in total. The van der Waals surface area contributed by atoms with Gasteiger partial charge < -0.3 is 4.74 Å². The first-order chi connectivity index (χ1) is 9.54. The fourth-order valence-corrected chi connectivity index (χ4v) is 3.12. The van der Waals surface area contributed by atoms with E-state index in [1.54, 1.807) is 0 Å². The summed E-state index contributed by atoms with van der Waals surface area (Å²) in [5.74, 6) is 1.03. The maximum Gasteiger partial charge on any atom is 0.123 e. The van der Waals surface area contributed by atoms with Gasteiger partial charge in [-0.25, -0.2) is 0 Å². The Kier molecular flexibility index (Phi) is 5.37. The molecule has 1 aliphatic rings. The third-order valence-corrected chi connectivity index (χ3v) is 4.71. The average molecular weight is 295 g/mol. The second-order valence-electron chi connectivity index (χ2n) is 6.60. The second-order valence-corrected chi connectivity index (χ2v) is 7.13. The van der Waals surface area contributed by atoms with Crippen LogP contribution in [0.5, 0.6) is 5.75 Å². The van der Waals surface area contributed by atoms with Crippen molar-refractivity contribution in [1.29, 1.82) is 0 Å². The summed E-state index contributed by atoms with van der Waals surface area (Å²) < 4.78 is 5.73. The summed E-state index contributed by atoms with van der Waals surface area (Å²) in [5, 5.41) is 0.137. The molecule has 0 bridgehead atoms. The Hall–Kier alpha value is -0.690. The number of fused-ring (bicyclic) bond motifs is 1. The minimum Gasteiger partial charge on any atom is -0.492 e. The molecule has 2 rings (SSSR count). The van der Waals surface area contributed by atoms with Crippen molar-refractivity contribution in [1.82, 2.24) is 0 Å². The molecule has 112 valence electrons. The van der Waals surface area contributed by atoms with E-state index in [2.05, 4.69) is 39.0 Å². The molecule has 1 heterocycles. The molecule has 1 nitrogen and oxygen atoms in total. The molecule has 0 aromatic heterocycles. The zero-order valence-corrected chi connectivity index (χ0v) is 13.8. The van der Waals surface area contributed by atoms with Gasteiger partial charge >= 0.3 is 0 Å². The van der Waals surface area contributed by atoms with Crippen molar-refractivity contribution in [3.05, 3.63) is 29.3 Å². The molecule has 0 radical (unpaired) electrons. The van der Waals surface area contributed by atoms with Crippen molar-refractivity contribution in [3.8, 4) is 5.75 Å². The number of ether oxygens (including phenoxy) is 1. The summed E-state index contributed by atoms with van der Waals surface area (Å²) >= 11 is 6.57. The molecule has 0 spiro atoms. The average Bonchev–Trinajstić information content (AvgIpc) is 2.74. The Morgan fingerprint density at radius 3 is 2.70 bits per heavy atom. The molecule has 0 saturated heterocycles. The van der Waals surface area contributed by atoms with Crippen molar-refractivity contribution >= 4 is 11.6 Å². The van der Waals surface area contributed by atoms with Crippen molar-refractivity contribution in [2.24, 2.45) is 0 Å². The van der Waals surface area contributed by atoms with Gasteiger partial charge in [-0.1, -0.05) is 58.9 Å². The van der Waals surface area contributed by atoms with Crippen LogP contribution in [-0.2, 0) is 5.41 Å². The van der Waals surface area contributed by atoms with Crippen LogP contribution in [-0.4, -0.2) is 6.61 Å². The lowest BCUT2D eigenvalue weighted by Crippen LogP contribution is -2.18. The van der Waals surface area contributed by atoms with Gasteiger partial charge in [0.15, 0.2) is 0 Å². The summed E-state index contributed by atoms with van der Waals surface area (Å²) in [5.41, 5.74) is 2.68. The molecule has 1 aliphatic heterocycles. The smallest absolute Gasteiger partial charge is 0.123 e. The van der Waals surface area contributed by atoms with Crippen molar-refractivity contribution in [2.45, 2.75) is 70.1 Å². The van der Waals surface area contributed by atoms with Crippen LogP contribution in [0.15, 0.2) is 18.2 Å². The Balaban J connectivity index is 1.93. The van der Waals surface area contributed by atoms with E-state index in [1.165, 1.54) is 43.2 Å². The minimum absolute atomic E-state index is 0.114. The normalized spacial score (nSPS) is 17.6. The van der Waals surface area contributed by atoms with Crippen LogP contribution >= 0.6 is 11.6 Å². The zero-order chi connectivity index (χ0) is 14.6. The first kappa shape index (κ1) is 15.7. The number of unbranched alkanes of at least 4 members (excludes halogenated alkanes) is 4. The van der Waals surface area contributed by atoms with Crippen molar-refractivity contribution in [3.63, 3.8) is 0 Å². The molecule has 2 heteroatoms. The summed E-state index contributed by atoms with van der Waals surface area (Å²) in [4.78, 5) is 0. The van der Waals surface area contributed by atoms with E-state index in [0.29, 0.717) is 0 Å². The number of rotatable bonds is 7. The highest BCUT2D eigenvalue weighted by Gasteiger charge is 2.32. The lowest BCUT2D eigenvalue weighted by Gasteiger charge is -2.17. The van der Waals surface area contributed by atoms with E-state index < -0.39 is 0 Å². The summed E-state index contributed by atoms with van der Waals surface area (Å²) in [6.07, 6.45) is 7.58. The predicted molar refractivity (Wildman–Crippen MR) is 86.9 cm³/mol. The number of benzene rings is 1. The Morgan fingerprint density at radius 2 is 1.95 bits per heavy atom. The van der Waals surface area contributed by atoms with Crippen LogP contribution in [0, 0.1) is 0 Å². The lowest BCUT2D eigenvalue weighted by molar-refractivity contribution is 0.291. The van der Waals surface area contributed by atoms with Gasteiger partial charge in [-0.2, -0.15) is 0 Å². The van der Waals surface area contributed by atoms with Gasteiger partial charge in [0.05, 0.1) is 12.0 Å². The predicted octanol–water partition coefficient (Wildman–Crippen LogP) is 6.00. The van der Waals surface area contributed by atoms with Gasteiger partial charge in [-0.15, -0.1) is 11.6 Å². The van der Waals surface area contributed by atoms with Gasteiger partial charge in [-0.3, -0.25) is 0 Å². The van der Waals surface area contributed by atoms with E-state index in [-0.39, 0.29) is 10.8 Å². The van der Waals surface area contributed by atoms with Gasteiger partial charge in [0.25, 0.3) is 0 Å². The van der Waals surface area contributed by atoms with Gasteiger partial charge in [0.2, 0.25) is 0 Å². The molecule has 1 aromatic rings. The van der Waals surface area contributed by atoms with Crippen molar-refractivity contribution in [2.75, 3.05) is 6.61 Å². The van der Waals surface area contributed by atoms with Crippen LogP contribution in [0.1, 0.15) is 75.8 Å². The quantitative estimate of drug-likeness (QED) is 0.443. The summed E-state index contributed by atoms with van der Waals surface area (Å²) in [7, 11) is 0. The Bertz CT molecular complexity index is 439. The Labute approximate surface area is 128 Å². The zero-order valence-electron chi connectivity index (χ0n) is 13.0. The highest BCUT2D eigenvalue weighted by molar-refractivity contribution is 6.20. The lowest BCUT2D eigenvalue weighted by atomic mass is 9.85. The highest BCUT2D eigenvalue weighted by Crippen LogP contribution is 2.40. The second kappa shape index (κ2) is 6.85. The minimum atomic E-state index is 0.114. The molecule has 0 aliphatic carbocycles. The van der Waals surface area contributed by atoms with Gasteiger partial charge in [0, 0.05) is 11.0 Å². The van der Waals surface area contributed by atoms with Crippen LogP contribution in [0.2, 0.25) is 0 Å². The first-order valence-corrected chi connectivity index (χ1v) is 8.39. The van der Waals surface area contributed by atoms with E-state index in [4.69, 9.17) is 16.3 Å². The summed E-state index contributed by atoms with van der Waals surface area (Å²) in [6, 6.07) is 6.47. The van der Waals surface area contributed by atoms with E-state index in [9.17, 15) is 0 Å². The fourth-order valence-electron chi connectivity index (χ4n) is 2.83. The van der Waals surface area contributed by atoms with Crippen LogP contribution in [0.4, 0.5) is 0 Å². The third kappa shape index (κ3) is 3.69. The summed E-state index contributed by atoms with van der Waals surface area (Å²) in [6.45, 7) is 7.49. The van der Waals surface area contributed by atoms with Gasteiger partial charge in [0.1, 0.15) is 5.75 Å². The Morgan fingerprint density at radius 1 is 1.20 bits per heavy atom. The molecule has 0 saturated carbocycles. The van der Waals surface area contributed by atoms with Crippen LogP contribution < -0.4 is 4.74 Å². The molecule has 0 amide bonds. The fraction of sp³-hybridized carbons (Fsp3) is 0.667. The van der Waals surface area contributed by atoms with E-state index >= 15 is 0 Å². The number of halogens is 1. The molecule has 20 heavy (non-hydrogen) atoms. The maximum atomic E-state index is 6.57. The first-order valence-electron chi connectivity index (χ1n) is 7.96. The van der Waals surface area contributed by atoms with Crippen LogP contribution in [0.3, 0.4) is 0 Å². The SMILES string of the molecule is CCCCCCCC(Cl)c1ccc2c(c1)C(C)(C)CO2. The monoisotopic (exact) mass is 294 g/mol. The van der Waals surface area contributed by atoms with Gasteiger partial charge in [-0.05, 0) is 24.1 Å². The number of hydrogen-bond acceptors (Lipinski definition) is 1. The van der Waals surface area contributed by atoms with Crippen molar-refractivity contribution < 1.29 is 4.74 Å². The molecule has 1 atom stereocenters. The van der Waals surface area contributed by atoms with E-state index in [1.807, 2.05) is 0 Å². The highest BCUT2D eigenvalue weighted by atomic mass is 35.5. The molecular weight excluding hydrogens is 268 g/mol. The molecule has 0 fully saturated rings. The van der Waals surface area contributed by atoms with E-state index in [0.717, 1.165) is 18.8 Å². The number of alkyl halides is 1.